The molecule has 0 unspecified atom stereocenters. The Hall–Kier alpha value is -0.820. The van der Waals surface area contributed by atoms with Crippen LogP contribution in [0.15, 0.2) is 4.90 Å². The SMILES string of the molecule is CCN(CC(C)C)c1snc(N)c1S(C)(=O)=O. The first kappa shape index (κ1) is 14.2. The lowest BCUT2D eigenvalue weighted by Crippen LogP contribution is -2.27. The van der Waals surface area contributed by atoms with Gasteiger partial charge in [0.25, 0.3) is 0 Å². The molecule has 5 nitrogen and oxygen atoms in total. The molecular weight excluding hydrogens is 258 g/mol. The van der Waals surface area contributed by atoms with Crippen LogP contribution < -0.4 is 10.6 Å². The number of nitrogens with two attached hydrogens (primary N) is 1. The van der Waals surface area contributed by atoms with Crippen molar-refractivity contribution in [3.63, 3.8) is 0 Å². The van der Waals surface area contributed by atoms with E-state index in [1.165, 1.54) is 6.26 Å². The minimum atomic E-state index is -3.33. The van der Waals surface area contributed by atoms with Crippen LogP contribution >= 0.6 is 11.5 Å². The van der Waals surface area contributed by atoms with Gasteiger partial charge in [-0.2, -0.15) is 4.37 Å². The van der Waals surface area contributed by atoms with Gasteiger partial charge in [-0.1, -0.05) is 13.8 Å². The van der Waals surface area contributed by atoms with Crippen LogP contribution in [-0.2, 0) is 9.84 Å². The number of nitrogen functional groups attached to an aromatic ring is 1. The second kappa shape index (κ2) is 5.22. The Morgan fingerprint density at radius 3 is 2.47 bits per heavy atom. The third-order valence-electron chi connectivity index (χ3n) is 2.28. The Morgan fingerprint density at radius 1 is 1.47 bits per heavy atom. The van der Waals surface area contributed by atoms with Crippen molar-refractivity contribution in [2.75, 3.05) is 30.0 Å². The van der Waals surface area contributed by atoms with Crippen LogP contribution in [0.4, 0.5) is 10.8 Å². The van der Waals surface area contributed by atoms with E-state index in [0.717, 1.165) is 24.6 Å². The summed E-state index contributed by atoms with van der Waals surface area (Å²) >= 11 is 1.15. The van der Waals surface area contributed by atoms with Crippen LogP contribution in [-0.4, -0.2) is 32.1 Å². The van der Waals surface area contributed by atoms with Crippen molar-refractivity contribution in [2.45, 2.75) is 25.7 Å². The summed E-state index contributed by atoms with van der Waals surface area (Å²) in [7, 11) is -3.33. The standard InChI is InChI=1S/C10H19N3O2S2/c1-5-13(6-7(2)3)10-8(17(4,14)15)9(11)12-16-10/h7H,5-6H2,1-4H3,(H2,11,12). The number of aromatic nitrogens is 1. The first-order valence-corrected chi connectivity index (χ1v) is 8.14. The number of hydrogen-bond acceptors (Lipinski definition) is 6. The molecule has 1 heterocycles. The van der Waals surface area contributed by atoms with E-state index in [1.54, 1.807) is 0 Å². The van der Waals surface area contributed by atoms with E-state index in [1.807, 2.05) is 11.8 Å². The molecule has 1 rings (SSSR count). The maximum Gasteiger partial charge on any atom is 0.182 e. The van der Waals surface area contributed by atoms with Gasteiger partial charge < -0.3 is 10.6 Å². The summed E-state index contributed by atoms with van der Waals surface area (Å²) in [5.74, 6) is 0.556. The van der Waals surface area contributed by atoms with Crippen LogP contribution in [0.2, 0.25) is 0 Å². The number of anilines is 2. The molecule has 1 aromatic heterocycles. The van der Waals surface area contributed by atoms with Gasteiger partial charge >= 0.3 is 0 Å². The Morgan fingerprint density at radius 2 is 2.06 bits per heavy atom. The number of hydrogen-bond donors (Lipinski definition) is 1. The van der Waals surface area contributed by atoms with E-state index in [9.17, 15) is 8.42 Å². The molecule has 1 aromatic rings. The monoisotopic (exact) mass is 277 g/mol. The largest absolute Gasteiger partial charge is 0.382 e. The van der Waals surface area contributed by atoms with E-state index in [0.29, 0.717) is 10.9 Å². The minimum Gasteiger partial charge on any atom is -0.382 e. The fraction of sp³-hybridized carbons (Fsp3) is 0.700. The minimum absolute atomic E-state index is 0.106. The summed E-state index contributed by atoms with van der Waals surface area (Å²) in [6, 6.07) is 0. The van der Waals surface area contributed by atoms with Gasteiger partial charge in [-0.15, -0.1) is 0 Å². The van der Waals surface area contributed by atoms with Gasteiger partial charge in [0.1, 0.15) is 9.90 Å². The van der Waals surface area contributed by atoms with Crippen molar-refractivity contribution in [3.8, 4) is 0 Å². The van der Waals surface area contributed by atoms with Crippen LogP contribution in [0.1, 0.15) is 20.8 Å². The molecule has 0 spiro atoms. The molecule has 0 amide bonds. The molecule has 7 heteroatoms. The van der Waals surface area contributed by atoms with Gasteiger partial charge in [0.15, 0.2) is 15.7 Å². The predicted octanol–water partition coefficient (Wildman–Crippen LogP) is 1.61. The highest BCUT2D eigenvalue weighted by atomic mass is 32.2. The summed E-state index contributed by atoms with van der Waals surface area (Å²) in [5.41, 5.74) is 5.64. The zero-order valence-corrected chi connectivity index (χ0v) is 12.2. The Labute approximate surface area is 107 Å². The summed E-state index contributed by atoms with van der Waals surface area (Å²) < 4.78 is 27.4. The average Bonchev–Trinajstić information content (AvgIpc) is 2.55. The fourth-order valence-electron chi connectivity index (χ4n) is 1.63. The van der Waals surface area contributed by atoms with Crippen molar-refractivity contribution >= 4 is 32.2 Å². The van der Waals surface area contributed by atoms with Gasteiger partial charge in [0.05, 0.1) is 0 Å². The van der Waals surface area contributed by atoms with E-state index in [4.69, 9.17) is 5.73 Å². The molecule has 2 N–H and O–H groups in total. The topological polar surface area (TPSA) is 76.3 Å². The summed E-state index contributed by atoms with van der Waals surface area (Å²) in [4.78, 5) is 2.18. The Bertz CT molecular complexity index is 480. The van der Waals surface area contributed by atoms with Crippen LogP contribution in [0.3, 0.4) is 0 Å². The molecular formula is C10H19N3O2S2. The van der Waals surface area contributed by atoms with E-state index in [2.05, 4.69) is 18.2 Å². The van der Waals surface area contributed by atoms with E-state index >= 15 is 0 Å². The third kappa shape index (κ3) is 3.32. The molecule has 0 radical (unpaired) electrons. The molecule has 0 aromatic carbocycles. The van der Waals surface area contributed by atoms with E-state index < -0.39 is 9.84 Å². The first-order valence-electron chi connectivity index (χ1n) is 5.47. The van der Waals surface area contributed by atoms with Crippen molar-refractivity contribution in [1.82, 2.24) is 4.37 Å². The molecule has 0 saturated heterocycles. The predicted molar refractivity (Wildman–Crippen MR) is 72.4 cm³/mol. The highest BCUT2D eigenvalue weighted by molar-refractivity contribution is 7.91. The smallest absolute Gasteiger partial charge is 0.182 e. The number of rotatable bonds is 5. The molecule has 98 valence electrons. The highest BCUT2D eigenvalue weighted by Gasteiger charge is 2.24. The van der Waals surface area contributed by atoms with Crippen molar-refractivity contribution in [3.05, 3.63) is 0 Å². The molecule has 0 aliphatic heterocycles. The molecule has 0 aliphatic rings. The highest BCUT2D eigenvalue weighted by Crippen LogP contribution is 2.34. The molecule has 0 fully saturated rings. The lowest BCUT2D eigenvalue weighted by atomic mass is 10.2. The quantitative estimate of drug-likeness (QED) is 0.885. The zero-order valence-electron chi connectivity index (χ0n) is 10.6. The van der Waals surface area contributed by atoms with Crippen molar-refractivity contribution < 1.29 is 8.42 Å². The lowest BCUT2D eigenvalue weighted by Gasteiger charge is -2.23. The molecule has 17 heavy (non-hydrogen) atoms. The first-order chi connectivity index (χ1) is 7.77. The Kier molecular flexibility index (Phi) is 4.37. The third-order valence-corrected chi connectivity index (χ3v) is 4.48. The number of nitrogens with zero attached hydrogens (tertiary/aromatic N) is 2. The zero-order chi connectivity index (χ0) is 13.2. The maximum absolute atomic E-state index is 11.7. The second-order valence-electron chi connectivity index (χ2n) is 4.41. The molecule has 0 aliphatic carbocycles. The van der Waals surface area contributed by atoms with Crippen molar-refractivity contribution in [2.24, 2.45) is 5.92 Å². The van der Waals surface area contributed by atoms with Gasteiger partial charge in [-0.05, 0) is 24.4 Å². The lowest BCUT2D eigenvalue weighted by molar-refractivity contribution is 0.598. The van der Waals surface area contributed by atoms with Gasteiger partial charge in [0, 0.05) is 19.3 Å². The van der Waals surface area contributed by atoms with E-state index in [-0.39, 0.29) is 10.7 Å². The van der Waals surface area contributed by atoms with Crippen LogP contribution in [0.25, 0.3) is 0 Å². The van der Waals surface area contributed by atoms with Crippen LogP contribution in [0.5, 0.6) is 0 Å². The molecule has 0 saturated carbocycles. The average molecular weight is 277 g/mol. The second-order valence-corrected chi connectivity index (χ2v) is 7.11. The van der Waals surface area contributed by atoms with Gasteiger partial charge in [-0.25, -0.2) is 8.42 Å². The molecule has 0 atom stereocenters. The summed E-state index contributed by atoms with van der Waals surface area (Å²) in [6.07, 6.45) is 1.17. The van der Waals surface area contributed by atoms with Gasteiger partial charge in [0.2, 0.25) is 0 Å². The molecule has 0 bridgehead atoms. The maximum atomic E-state index is 11.7. The normalized spacial score (nSPS) is 12.1. The van der Waals surface area contributed by atoms with Gasteiger partial charge in [-0.3, -0.25) is 0 Å². The fourth-order valence-corrected chi connectivity index (χ4v) is 3.91. The summed E-state index contributed by atoms with van der Waals surface area (Å²) in [6.45, 7) is 7.70. The Balaban J connectivity index is 3.22. The number of sulfone groups is 1. The van der Waals surface area contributed by atoms with Crippen molar-refractivity contribution in [1.29, 1.82) is 0 Å². The van der Waals surface area contributed by atoms with Crippen LogP contribution in [0, 0.1) is 5.92 Å². The summed E-state index contributed by atoms with van der Waals surface area (Å²) in [5, 5.41) is 0.654.